The molecular formula is C48H37NO. The highest BCUT2D eigenvalue weighted by Crippen LogP contribution is 2.56. The van der Waals surface area contributed by atoms with E-state index >= 15 is 0 Å². The topological polar surface area (TPSA) is 16.4 Å². The lowest BCUT2D eigenvalue weighted by Gasteiger charge is -2.32. The van der Waals surface area contributed by atoms with Crippen LogP contribution in [-0.2, 0) is 10.8 Å². The molecule has 1 aromatic heterocycles. The van der Waals surface area contributed by atoms with Gasteiger partial charge in [-0.15, -0.1) is 0 Å². The van der Waals surface area contributed by atoms with Crippen LogP contribution in [0.4, 0.5) is 17.1 Å². The molecule has 10 rings (SSSR count). The molecule has 1 heterocycles. The van der Waals surface area contributed by atoms with E-state index in [1.165, 1.54) is 50.2 Å². The summed E-state index contributed by atoms with van der Waals surface area (Å²) >= 11 is 0. The van der Waals surface area contributed by atoms with Crippen LogP contribution in [-0.4, -0.2) is 0 Å². The number of hydrogen-bond acceptors (Lipinski definition) is 2. The second kappa shape index (κ2) is 10.3. The molecular weight excluding hydrogens is 607 g/mol. The van der Waals surface area contributed by atoms with Crippen LogP contribution in [0.15, 0.2) is 156 Å². The Labute approximate surface area is 293 Å². The van der Waals surface area contributed by atoms with Crippen LogP contribution in [0.1, 0.15) is 49.9 Å². The van der Waals surface area contributed by atoms with Crippen LogP contribution < -0.4 is 4.90 Å². The largest absolute Gasteiger partial charge is 0.456 e. The molecule has 2 aliphatic rings. The molecule has 0 amide bonds. The molecule has 0 saturated heterocycles. The van der Waals surface area contributed by atoms with Crippen LogP contribution in [0.25, 0.3) is 55.3 Å². The van der Waals surface area contributed by atoms with Gasteiger partial charge in [0, 0.05) is 38.4 Å². The molecule has 0 atom stereocenters. The van der Waals surface area contributed by atoms with Gasteiger partial charge in [0.2, 0.25) is 0 Å². The van der Waals surface area contributed by atoms with E-state index < -0.39 is 0 Å². The fourth-order valence-corrected chi connectivity index (χ4v) is 8.97. The Morgan fingerprint density at radius 3 is 1.86 bits per heavy atom. The normalized spacial score (nSPS) is 14.7. The highest BCUT2D eigenvalue weighted by molar-refractivity contribution is 6.06. The number of nitrogens with zero attached hydrogens (tertiary/aromatic N) is 1. The van der Waals surface area contributed by atoms with Gasteiger partial charge in [0.15, 0.2) is 0 Å². The number of benzene rings is 7. The smallest absolute Gasteiger partial charge is 0.136 e. The Bertz CT molecular complexity index is 2670. The maximum Gasteiger partial charge on any atom is 0.136 e. The first-order valence-corrected chi connectivity index (χ1v) is 17.6. The van der Waals surface area contributed by atoms with Crippen molar-refractivity contribution in [2.75, 3.05) is 4.90 Å². The monoisotopic (exact) mass is 643 g/mol. The summed E-state index contributed by atoms with van der Waals surface area (Å²) in [7, 11) is 0. The number of fused-ring (bicyclic) bond motifs is 9. The summed E-state index contributed by atoms with van der Waals surface area (Å²) in [5.41, 5.74) is 18.1. The Morgan fingerprint density at radius 1 is 0.420 bits per heavy atom. The molecule has 50 heavy (non-hydrogen) atoms. The van der Waals surface area contributed by atoms with Crippen molar-refractivity contribution >= 4 is 39.0 Å². The van der Waals surface area contributed by atoms with Gasteiger partial charge in [-0.25, -0.2) is 0 Å². The Hall–Kier alpha value is -5.86. The summed E-state index contributed by atoms with van der Waals surface area (Å²) in [5, 5.41) is 2.28. The first-order valence-electron chi connectivity index (χ1n) is 17.6. The van der Waals surface area contributed by atoms with Crippen molar-refractivity contribution in [2.45, 2.75) is 38.5 Å². The molecule has 0 saturated carbocycles. The molecule has 0 radical (unpaired) electrons. The minimum atomic E-state index is -0.118. The van der Waals surface area contributed by atoms with E-state index in [2.05, 4.69) is 172 Å². The van der Waals surface area contributed by atoms with E-state index in [0.717, 1.165) is 44.4 Å². The molecule has 2 aliphatic carbocycles. The molecule has 0 spiro atoms. The van der Waals surface area contributed by atoms with E-state index in [1.807, 2.05) is 12.1 Å². The molecule has 2 nitrogen and oxygen atoms in total. The predicted octanol–water partition coefficient (Wildman–Crippen LogP) is 13.3. The Balaban J connectivity index is 1.24. The van der Waals surface area contributed by atoms with Gasteiger partial charge in [-0.05, 0) is 87.0 Å². The van der Waals surface area contributed by atoms with Crippen LogP contribution in [0.2, 0.25) is 0 Å². The third-order valence-corrected chi connectivity index (χ3v) is 11.5. The Kier molecular flexibility index (Phi) is 6.01. The van der Waals surface area contributed by atoms with Crippen molar-refractivity contribution in [1.82, 2.24) is 0 Å². The quantitative estimate of drug-likeness (QED) is 0.190. The average Bonchev–Trinajstić information content (AvgIpc) is 3.72. The minimum Gasteiger partial charge on any atom is -0.456 e. The highest BCUT2D eigenvalue weighted by Gasteiger charge is 2.39. The summed E-state index contributed by atoms with van der Waals surface area (Å²) in [5.74, 6) is 0. The van der Waals surface area contributed by atoms with Gasteiger partial charge in [-0.1, -0.05) is 137 Å². The lowest BCUT2D eigenvalue weighted by Crippen LogP contribution is -2.18. The van der Waals surface area contributed by atoms with E-state index in [4.69, 9.17) is 4.42 Å². The van der Waals surface area contributed by atoms with Crippen LogP contribution >= 0.6 is 0 Å². The zero-order valence-corrected chi connectivity index (χ0v) is 28.8. The second-order valence-electron chi connectivity index (χ2n) is 14.9. The van der Waals surface area contributed by atoms with Gasteiger partial charge < -0.3 is 9.32 Å². The van der Waals surface area contributed by atoms with Gasteiger partial charge in [0.25, 0.3) is 0 Å². The molecule has 240 valence electrons. The number of para-hydroxylation sites is 2. The Morgan fingerprint density at radius 2 is 1.02 bits per heavy atom. The van der Waals surface area contributed by atoms with Gasteiger partial charge in [-0.3, -0.25) is 0 Å². The fraction of sp³-hybridized carbons (Fsp3) is 0.125. The SMILES string of the molecule is CC1(C)c2ccccc2-c2ccc(N(c3ccccc3-c3ccc4c(c3)oc3ccccc34)c3cccc4c3-c3ccccc3C4(C)C)cc21. The second-order valence-corrected chi connectivity index (χ2v) is 14.9. The standard InChI is InChI=1S/C48H37NO/c1-47(2)39-19-10-6-17-37(39)46-40(47)20-13-22-43(46)49(31-25-27-34-33-15-5-9-18-38(33)48(3,4)41(34)29-31)42-21-11-7-14-32(42)30-24-26-36-35-16-8-12-23-44(35)50-45(36)28-30/h5-29H,1-4H3. The summed E-state index contributed by atoms with van der Waals surface area (Å²) in [4.78, 5) is 2.51. The lowest BCUT2D eigenvalue weighted by molar-refractivity contribution is 0.660. The van der Waals surface area contributed by atoms with Gasteiger partial charge in [0.1, 0.15) is 11.2 Å². The van der Waals surface area contributed by atoms with Crippen molar-refractivity contribution in [3.8, 4) is 33.4 Å². The molecule has 0 aliphatic heterocycles. The van der Waals surface area contributed by atoms with E-state index in [9.17, 15) is 0 Å². The van der Waals surface area contributed by atoms with Crippen LogP contribution in [0.3, 0.4) is 0 Å². The maximum atomic E-state index is 6.40. The van der Waals surface area contributed by atoms with Gasteiger partial charge in [-0.2, -0.15) is 0 Å². The van der Waals surface area contributed by atoms with E-state index in [1.54, 1.807) is 0 Å². The molecule has 0 unspecified atom stereocenters. The van der Waals surface area contributed by atoms with Gasteiger partial charge >= 0.3 is 0 Å². The minimum absolute atomic E-state index is 0.110. The summed E-state index contributed by atoms with van der Waals surface area (Å²) in [6, 6.07) is 55.6. The third kappa shape index (κ3) is 3.96. The van der Waals surface area contributed by atoms with Crippen LogP contribution in [0.5, 0.6) is 0 Å². The zero-order valence-electron chi connectivity index (χ0n) is 28.8. The first kappa shape index (κ1) is 29.1. The van der Waals surface area contributed by atoms with Crippen molar-refractivity contribution in [3.05, 3.63) is 174 Å². The summed E-state index contributed by atoms with van der Waals surface area (Å²) in [6.07, 6.45) is 0. The highest BCUT2D eigenvalue weighted by atomic mass is 16.3. The molecule has 8 aromatic rings. The molecule has 7 aromatic carbocycles. The average molecular weight is 644 g/mol. The molecule has 2 heteroatoms. The number of rotatable bonds is 4. The van der Waals surface area contributed by atoms with Crippen molar-refractivity contribution < 1.29 is 4.42 Å². The summed E-state index contributed by atoms with van der Waals surface area (Å²) in [6.45, 7) is 9.44. The summed E-state index contributed by atoms with van der Waals surface area (Å²) < 4.78 is 6.40. The van der Waals surface area contributed by atoms with E-state index in [0.29, 0.717) is 0 Å². The van der Waals surface area contributed by atoms with Crippen LogP contribution in [0, 0.1) is 0 Å². The first-order chi connectivity index (χ1) is 24.3. The third-order valence-electron chi connectivity index (χ3n) is 11.5. The van der Waals surface area contributed by atoms with E-state index in [-0.39, 0.29) is 10.8 Å². The predicted molar refractivity (Wildman–Crippen MR) is 209 cm³/mol. The zero-order chi connectivity index (χ0) is 33.8. The molecule has 0 fully saturated rings. The lowest BCUT2D eigenvalue weighted by atomic mass is 9.82. The number of hydrogen-bond donors (Lipinski definition) is 0. The molecule has 0 N–H and O–H groups in total. The molecule has 0 bridgehead atoms. The van der Waals surface area contributed by atoms with Crippen molar-refractivity contribution in [2.24, 2.45) is 0 Å². The fourth-order valence-electron chi connectivity index (χ4n) is 8.97. The maximum absolute atomic E-state index is 6.40. The number of anilines is 3. The van der Waals surface area contributed by atoms with Crippen molar-refractivity contribution in [3.63, 3.8) is 0 Å². The number of furan rings is 1. The van der Waals surface area contributed by atoms with Gasteiger partial charge in [0.05, 0.1) is 11.4 Å². The van der Waals surface area contributed by atoms with Crippen molar-refractivity contribution in [1.29, 1.82) is 0 Å².